The molecule has 19 heavy (non-hydrogen) atoms. The molecule has 1 rings (SSSR count). The summed E-state index contributed by atoms with van der Waals surface area (Å²) < 4.78 is 10.2. The van der Waals surface area contributed by atoms with E-state index in [4.69, 9.17) is 14.6 Å². The van der Waals surface area contributed by atoms with Crippen LogP contribution in [0.2, 0.25) is 0 Å². The number of methoxy groups -OCH3 is 1. The number of aliphatic hydroxyl groups is 1. The summed E-state index contributed by atoms with van der Waals surface area (Å²) in [5.74, 6) is 0.908. The molecular formula is C14H23NO3S. The van der Waals surface area contributed by atoms with Crippen molar-refractivity contribution < 1.29 is 14.6 Å². The maximum Gasteiger partial charge on any atom is 0.0698 e. The number of ether oxygens (including phenoxy) is 2. The van der Waals surface area contributed by atoms with E-state index in [2.05, 4.69) is 29.6 Å². The van der Waals surface area contributed by atoms with Crippen molar-refractivity contribution >= 4 is 11.8 Å². The Morgan fingerprint density at radius 3 is 2.63 bits per heavy atom. The highest BCUT2D eigenvalue weighted by Gasteiger charge is 1.96. The molecule has 0 unspecified atom stereocenters. The monoisotopic (exact) mass is 285 g/mol. The van der Waals surface area contributed by atoms with Crippen LogP contribution in [-0.4, -0.2) is 50.9 Å². The number of nitrogens with one attached hydrogen (secondary N) is 1. The van der Waals surface area contributed by atoms with Gasteiger partial charge in [0.2, 0.25) is 0 Å². The van der Waals surface area contributed by atoms with Gasteiger partial charge in [-0.05, 0) is 17.7 Å². The lowest BCUT2D eigenvalue weighted by atomic mass is 10.2. The molecule has 0 aliphatic heterocycles. The van der Waals surface area contributed by atoms with Crippen LogP contribution in [0.25, 0.3) is 0 Å². The summed E-state index contributed by atoms with van der Waals surface area (Å²) in [4.78, 5) is 1.24. The fourth-order valence-electron chi connectivity index (χ4n) is 1.50. The summed E-state index contributed by atoms with van der Waals surface area (Å²) in [6.45, 7) is 3.67. The van der Waals surface area contributed by atoms with Gasteiger partial charge in [0.1, 0.15) is 0 Å². The highest BCUT2D eigenvalue weighted by molar-refractivity contribution is 7.99. The standard InChI is InChI=1S/C14H23NO3S/c1-17-8-6-15-12-13-2-4-14(5-3-13)19-11-10-18-9-7-16/h2-5,15-16H,6-12H2,1H3. The highest BCUT2D eigenvalue weighted by Crippen LogP contribution is 2.18. The third kappa shape index (κ3) is 8.23. The van der Waals surface area contributed by atoms with Gasteiger partial charge in [-0.1, -0.05) is 12.1 Å². The Kier molecular flexibility index (Phi) is 9.75. The molecule has 0 aliphatic carbocycles. The largest absolute Gasteiger partial charge is 0.394 e. The first-order chi connectivity index (χ1) is 9.36. The first kappa shape index (κ1) is 16.5. The number of thioether (sulfide) groups is 1. The molecule has 108 valence electrons. The van der Waals surface area contributed by atoms with Gasteiger partial charge in [0.15, 0.2) is 0 Å². The first-order valence-corrected chi connectivity index (χ1v) is 7.45. The lowest BCUT2D eigenvalue weighted by molar-refractivity contribution is 0.103. The second-order valence-corrected chi connectivity index (χ2v) is 5.17. The van der Waals surface area contributed by atoms with E-state index in [1.54, 1.807) is 18.9 Å². The van der Waals surface area contributed by atoms with Crippen molar-refractivity contribution in [3.63, 3.8) is 0 Å². The number of rotatable bonds is 11. The van der Waals surface area contributed by atoms with Crippen molar-refractivity contribution in [2.24, 2.45) is 0 Å². The molecule has 0 fully saturated rings. The van der Waals surface area contributed by atoms with E-state index >= 15 is 0 Å². The maximum atomic E-state index is 8.57. The minimum absolute atomic E-state index is 0.0927. The van der Waals surface area contributed by atoms with Gasteiger partial charge in [-0.2, -0.15) is 0 Å². The predicted octanol–water partition coefficient (Wildman–Crippen LogP) is 1.52. The number of benzene rings is 1. The van der Waals surface area contributed by atoms with E-state index in [1.165, 1.54) is 10.5 Å². The Morgan fingerprint density at radius 1 is 1.16 bits per heavy atom. The molecule has 1 aromatic carbocycles. The van der Waals surface area contributed by atoms with E-state index in [0.717, 1.165) is 25.4 Å². The second kappa shape index (κ2) is 11.3. The van der Waals surface area contributed by atoms with E-state index in [9.17, 15) is 0 Å². The van der Waals surface area contributed by atoms with Gasteiger partial charge in [0.05, 0.1) is 26.4 Å². The van der Waals surface area contributed by atoms with Crippen LogP contribution in [-0.2, 0) is 16.0 Å². The van der Waals surface area contributed by atoms with Gasteiger partial charge in [0.25, 0.3) is 0 Å². The molecule has 0 aromatic heterocycles. The first-order valence-electron chi connectivity index (χ1n) is 6.47. The van der Waals surface area contributed by atoms with Crippen LogP contribution in [0, 0.1) is 0 Å². The SMILES string of the molecule is COCCNCc1ccc(SCCOCCO)cc1. The minimum atomic E-state index is 0.0927. The summed E-state index contributed by atoms with van der Waals surface area (Å²) in [5, 5.41) is 11.9. The Hall–Kier alpha value is -0.590. The molecule has 0 radical (unpaired) electrons. The molecule has 0 atom stereocenters. The quantitative estimate of drug-likeness (QED) is 0.477. The number of aliphatic hydroxyl groups excluding tert-OH is 1. The van der Waals surface area contributed by atoms with Crippen LogP contribution >= 0.6 is 11.8 Å². The van der Waals surface area contributed by atoms with Crippen molar-refractivity contribution in [1.82, 2.24) is 5.32 Å². The van der Waals surface area contributed by atoms with E-state index in [1.807, 2.05) is 0 Å². The zero-order valence-corrected chi connectivity index (χ0v) is 12.2. The molecule has 5 heteroatoms. The van der Waals surface area contributed by atoms with Crippen LogP contribution in [0.15, 0.2) is 29.2 Å². The molecule has 0 saturated heterocycles. The normalized spacial score (nSPS) is 10.8. The molecule has 0 saturated carbocycles. The zero-order chi connectivity index (χ0) is 13.8. The Balaban J connectivity index is 2.16. The van der Waals surface area contributed by atoms with Gasteiger partial charge in [-0.3, -0.25) is 0 Å². The van der Waals surface area contributed by atoms with Crippen LogP contribution in [0.3, 0.4) is 0 Å². The average Bonchev–Trinajstić information content (AvgIpc) is 2.45. The lowest BCUT2D eigenvalue weighted by Gasteiger charge is -2.06. The number of hydrogen-bond acceptors (Lipinski definition) is 5. The van der Waals surface area contributed by atoms with Crippen molar-refractivity contribution in [1.29, 1.82) is 0 Å². The van der Waals surface area contributed by atoms with Crippen LogP contribution < -0.4 is 5.32 Å². The smallest absolute Gasteiger partial charge is 0.0698 e. The zero-order valence-electron chi connectivity index (χ0n) is 11.4. The van der Waals surface area contributed by atoms with Gasteiger partial charge >= 0.3 is 0 Å². The minimum Gasteiger partial charge on any atom is -0.394 e. The maximum absolute atomic E-state index is 8.57. The summed E-state index contributed by atoms with van der Waals surface area (Å²) in [7, 11) is 1.71. The molecule has 2 N–H and O–H groups in total. The van der Waals surface area contributed by atoms with E-state index < -0.39 is 0 Å². The summed E-state index contributed by atoms with van der Waals surface area (Å²) in [6.07, 6.45) is 0. The van der Waals surface area contributed by atoms with E-state index in [0.29, 0.717) is 13.2 Å². The molecule has 0 spiro atoms. The van der Waals surface area contributed by atoms with Crippen LogP contribution in [0.1, 0.15) is 5.56 Å². The molecule has 0 amide bonds. The van der Waals surface area contributed by atoms with Crippen LogP contribution in [0.5, 0.6) is 0 Å². The lowest BCUT2D eigenvalue weighted by Crippen LogP contribution is -2.18. The second-order valence-electron chi connectivity index (χ2n) is 4.00. The van der Waals surface area contributed by atoms with Gasteiger partial charge in [-0.15, -0.1) is 11.8 Å². The third-order valence-corrected chi connectivity index (χ3v) is 3.44. The van der Waals surface area contributed by atoms with Crippen molar-refractivity contribution in [3.8, 4) is 0 Å². The highest BCUT2D eigenvalue weighted by atomic mass is 32.2. The van der Waals surface area contributed by atoms with Crippen molar-refractivity contribution in [3.05, 3.63) is 29.8 Å². The fraction of sp³-hybridized carbons (Fsp3) is 0.571. The molecule has 0 bridgehead atoms. The predicted molar refractivity (Wildman–Crippen MR) is 78.7 cm³/mol. The van der Waals surface area contributed by atoms with E-state index in [-0.39, 0.29) is 6.61 Å². The Bertz CT molecular complexity index is 319. The molecular weight excluding hydrogens is 262 g/mol. The summed E-state index contributed by atoms with van der Waals surface area (Å²) >= 11 is 1.76. The summed E-state index contributed by atoms with van der Waals surface area (Å²) in [5.41, 5.74) is 1.27. The molecule has 4 nitrogen and oxygen atoms in total. The third-order valence-electron chi connectivity index (χ3n) is 2.47. The van der Waals surface area contributed by atoms with Gasteiger partial charge in [0, 0.05) is 30.8 Å². The van der Waals surface area contributed by atoms with Gasteiger partial charge in [-0.25, -0.2) is 0 Å². The Labute approximate surface area is 119 Å². The molecule has 1 aromatic rings. The van der Waals surface area contributed by atoms with Crippen molar-refractivity contribution in [2.75, 3.05) is 45.8 Å². The van der Waals surface area contributed by atoms with Gasteiger partial charge < -0.3 is 19.9 Å². The fourth-order valence-corrected chi connectivity index (χ4v) is 2.26. The average molecular weight is 285 g/mol. The van der Waals surface area contributed by atoms with Crippen LogP contribution in [0.4, 0.5) is 0 Å². The Morgan fingerprint density at radius 2 is 1.95 bits per heavy atom. The van der Waals surface area contributed by atoms with Crippen molar-refractivity contribution in [2.45, 2.75) is 11.4 Å². The molecule has 0 aliphatic rings. The molecule has 0 heterocycles. The topological polar surface area (TPSA) is 50.7 Å². The summed E-state index contributed by atoms with van der Waals surface area (Å²) in [6, 6.07) is 8.53. The number of hydrogen-bond donors (Lipinski definition) is 2.